The Morgan fingerprint density at radius 3 is 1.31 bits per heavy atom. The molecule has 20 atom stereocenters. The van der Waals surface area contributed by atoms with Gasteiger partial charge in [0.25, 0.3) is 16.7 Å². The summed E-state index contributed by atoms with van der Waals surface area (Å²) in [5, 5.41) is 0. The van der Waals surface area contributed by atoms with E-state index in [1.807, 2.05) is 4.98 Å². The van der Waals surface area contributed by atoms with Gasteiger partial charge in [-0.3, -0.25) is 83.8 Å². The monoisotopic (exact) mass is 1410 g/mol. The fraction of sp³-hybridized carbons (Fsp3) is 0.578. The van der Waals surface area contributed by atoms with Crippen molar-refractivity contribution in [2.45, 2.75) is 112 Å². The van der Waals surface area contributed by atoms with Crippen LogP contribution in [-0.4, -0.2) is 216 Å². The summed E-state index contributed by atoms with van der Waals surface area (Å²) in [5.41, 5.74) is 14.0. The van der Waals surface area contributed by atoms with E-state index >= 15 is 0 Å². The van der Waals surface area contributed by atoms with E-state index < -0.39 is 172 Å². The highest BCUT2D eigenvalue weighted by atomic mass is 31.2. The summed E-state index contributed by atoms with van der Waals surface area (Å²) >= 11 is 0. The van der Waals surface area contributed by atoms with Gasteiger partial charge in [0.15, 0.2) is 58.7 Å². The first-order valence-corrected chi connectivity index (χ1v) is 33.6. The number of aromatic nitrogens is 14. The molecule has 94 heavy (non-hydrogen) atoms. The number of anilines is 3. The molecule has 0 amide bonds. The molecule has 13 N–H and O–H groups in total. The lowest BCUT2D eigenvalue weighted by molar-refractivity contribution is -0.0669. The minimum Gasteiger partial charge on any atom is -0.382 e. The predicted octanol–water partition coefficient (Wildman–Crippen LogP) is -1.91. The maximum Gasteiger partial charge on any atom is 0.472 e. The van der Waals surface area contributed by atoms with Crippen LogP contribution in [0.5, 0.6) is 0 Å². The number of methoxy groups -OCH3 is 4. The Kier molecular flexibility index (Phi) is 19.9. The zero-order valence-corrected chi connectivity index (χ0v) is 53.1. The fourth-order valence-corrected chi connectivity index (χ4v) is 15.0. The second-order valence-electron chi connectivity index (χ2n) is 20.8. The summed E-state index contributed by atoms with van der Waals surface area (Å²) in [6, 6.07) is 0.916. The number of hydrogen-bond acceptors (Lipinski definition) is 34. The largest absolute Gasteiger partial charge is 0.472 e. The van der Waals surface area contributed by atoms with Gasteiger partial charge in [-0.1, -0.05) is 0 Å². The van der Waals surface area contributed by atoms with Gasteiger partial charge in [0.2, 0.25) is 11.9 Å². The molecule has 0 saturated carbocycles. The smallest absolute Gasteiger partial charge is 0.382 e. The van der Waals surface area contributed by atoms with Crippen LogP contribution in [0.2, 0.25) is 0 Å². The third-order valence-corrected chi connectivity index (χ3v) is 19.2. The number of phosphoric ester groups is 4. The van der Waals surface area contributed by atoms with E-state index in [1.54, 1.807) is 0 Å². The SMILES string of the molecule is CCOP(=O)(O)O[C@@H]1C(OC)[C@H](n2cnc3c(=O)[nH]c(N)nc32)O[C@@H]1COP(=O)(O)O[C@@H]1C(OC)[C@H](n2ccc(=O)[nH]c2=O)O[C@@H]1COP(=O)(O)O[C@@H]1C(OC)[C@H](n2cnc3c(N)ncnc32)O[C@@H]1COP(=O)(O)O[C@@H]1C(OC)[C@H](n2cnc3c(=O)[nH]c(N)nc32)O[C@@H]1C. The van der Waals surface area contributed by atoms with Gasteiger partial charge in [-0.25, -0.2) is 48.0 Å². The van der Waals surface area contributed by atoms with Crippen molar-refractivity contribution in [1.82, 2.24) is 68.1 Å². The topological polar surface area (TPSA) is 601 Å². The molecule has 7 aromatic rings. The van der Waals surface area contributed by atoms with Crippen LogP contribution in [0.25, 0.3) is 33.5 Å². The van der Waals surface area contributed by atoms with E-state index in [-0.39, 0.29) is 57.8 Å². The van der Waals surface area contributed by atoms with Crippen LogP contribution in [0.15, 0.2) is 56.8 Å². The molecule has 514 valence electrons. The lowest BCUT2D eigenvalue weighted by Gasteiger charge is -2.28. The lowest BCUT2D eigenvalue weighted by atomic mass is 10.1. The molecule has 4 fully saturated rings. The maximum atomic E-state index is 14.5. The highest BCUT2D eigenvalue weighted by molar-refractivity contribution is 7.48. The third-order valence-electron chi connectivity index (χ3n) is 15.1. The number of phosphoric acid groups is 4. The van der Waals surface area contributed by atoms with Crippen molar-refractivity contribution in [3.63, 3.8) is 0 Å². The normalized spacial score (nSPS) is 30.7. The third kappa shape index (κ3) is 13.9. The van der Waals surface area contributed by atoms with Crippen molar-refractivity contribution in [2.24, 2.45) is 0 Å². The van der Waals surface area contributed by atoms with E-state index in [2.05, 4.69) is 44.9 Å². The minimum atomic E-state index is -5.64. The quantitative estimate of drug-likeness (QED) is 0.0251. The van der Waals surface area contributed by atoms with Gasteiger partial charge in [0.1, 0.15) is 79.0 Å². The molecular formula is C45H61N17O28P4. The predicted molar refractivity (Wildman–Crippen MR) is 309 cm³/mol. The van der Waals surface area contributed by atoms with Crippen LogP contribution >= 0.6 is 31.3 Å². The Morgan fingerprint density at radius 1 is 0.500 bits per heavy atom. The lowest BCUT2D eigenvalue weighted by Crippen LogP contribution is -2.40. The average molecular weight is 1410 g/mol. The molecule has 0 spiro atoms. The zero-order chi connectivity index (χ0) is 67.5. The van der Waals surface area contributed by atoms with Gasteiger partial charge in [-0.2, -0.15) is 9.97 Å². The van der Waals surface area contributed by atoms with E-state index in [0.717, 1.165) is 50.8 Å². The van der Waals surface area contributed by atoms with Crippen LogP contribution in [0.3, 0.4) is 0 Å². The number of nitrogens with one attached hydrogen (secondary N) is 3. The van der Waals surface area contributed by atoms with Gasteiger partial charge < -0.3 is 74.7 Å². The number of ether oxygens (including phenoxy) is 8. The fourth-order valence-electron chi connectivity index (χ4n) is 11.1. The molecule has 0 radical (unpaired) electrons. The van der Waals surface area contributed by atoms with Crippen LogP contribution < -0.4 is 39.6 Å². The van der Waals surface area contributed by atoms with Gasteiger partial charge in [-0.15, -0.1) is 0 Å². The molecular weight excluding hydrogens is 1350 g/mol. The summed E-state index contributed by atoms with van der Waals surface area (Å²) in [6.45, 7) is -0.668. The molecule has 11 heterocycles. The van der Waals surface area contributed by atoms with Crippen LogP contribution in [0.1, 0.15) is 38.8 Å². The molecule has 45 nitrogen and oxygen atoms in total. The molecule has 0 aliphatic carbocycles. The maximum absolute atomic E-state index is 14.5. The number of imidazole rings is 3. The minimum absolute atomic E-state index is 0.0156. The standard InChI is InChI=1S/C45H61N17O28P4/c1-7-79-91(67,68)88-27-19(86-42(32(27)78-6)62-16-53-24-36(62)56-44(48)58-38(24)65)12-82-93(71,72)89-26-18(84-39(30(26)76-4)59-9-8-21(63)54-45(59)66)10-81-94(73,74)90-28-20(85-41(31(28)77-5)60-14-51-22-33(46)49-13-50-34(22)60)11-80-92(69,70)87-25-17(2)83-40(29(25)75-3)61-15-52-23-35(61)55-43(47)57-37(23)64/h8-9,13-20,25-32,39-42H,7,10-12H2,1-6H3,(H,67,68)(H,69,70)(H,71,72)(H,73,74)(H2,46,49,50)(H,54,63,66)(H3,47,55,57,64)(H3,48,56,58,65)/t17-,18-,19-,20-,25+,26+,27+,28+,29?,30?,31?,32?,39-,40-,41-,42-/m1/s1. The molecule has 0 aromatic carbocycles. The van der Waals surface area contributed by atoms with Crippen molar-refractivity contribution in [1.29, 1.82) is 0 Å². The molecule has 11 rings (SSSR count). The number of hydrogen-bond donors (Lipinski definition) is 10. The average Bonchev–Trinajstić information content (AvgIpc) is 1.63. The molecule has 4 aliphatic rings. The number of rotatable bonds is 27. The van der Waals surface area contributed by atoms with Gasteiger partial charge in [0.05, 0.1) is 51.5 Å². The Morgan fingerprint density at radius 2 is 0.883 bits per heavy atom. The number of nitrogen functional groups attached to an aromatic ring is 3. The van der Waals surface area contributed by atoms with Gasteiger partial charge in [0, 0.05) is 40.7 Å². The van der Waals surface area contributed by atoms with Gasteiger partial charge in [-0.05, 0) is 13.8 Å². The summed E-state index contributed by atoms with van der Waals surface area (Å²) in [4.78, 5) is 131. The first-order chi connectivity index (χ1) is 44.6. The Balaban J connectivity index is 0.840. The van der Waals surface area contributed by atoms with E-state index in [9.17, 15) is 57.0 Å². The highest BCUT2D eigenvalue weighted by Crippen LogP contribution is 2.56. The number of H-pyrrole nitrogens is 3. The summed E-state index contributed by atoms with van der Waals surface area (Å²) in [5.74, 6) is -0.640. The summed E-state index contributed by atoms with van der Waals surface area (Å²) in [6.07, 6.45) is -19.2. The van der Waals surface area contributed by atoms with Crippen LogP contribution in [0.4, 0.5) is 17.7 Å². The summed E-state index contributed by atoms with van der Waals surface area (Å²) in [7, 11) is -16.9. The Hall–Kier alpha value is -6.55. The second kappa shape index (κ2) is 27.2. The molecule has 4 aliphatic heterocycles. The van der Waals surface area contributed by atoms with Crippen molar-refractivity contribution in [3.05, 3.63) is 79.1 Å². The number of nitrogens with two attached hydrogens (primary N) is 3. The van der Waals surface area contributed by atoms with Gasteiger partial charge >= 0.3 is 37.0 Å². The van der Waals surface area contributed by atoms with Crippen LogP contribution in [-0.2, 0) is 92.3 Å². The van der Waals surface area contributed by atoms with Crippen molar-refractivity contribution < 1.29 is 112 Å². The molecule has 4 saturated heterocycles. The Bertz CT molecular complexity index is 4380. The Labute approximate surface area is 524 Å². The molecule has 7 aromatic heterocycles. The molecule has 0 bridgehead atoms. The van der Waals surface area contributed by atoms with E-state index in [4.69, 9.17) is 91.3 Å². The second-order valence-corrected chi connectivity index (χ2v) is 26.5. The van der Waals surface area contributed by atoms with E-state index in [1.165, 1.54) is 47.3 Å². The first-order valence-electron chi connectivity index (χ1n) is 27.6. The first kappa shape index (κ1) is 68.8. The molecule has 49 heteroatoms. The van der Waals surface area contributed by atoms with Crippen molar-refractivity contribution in [2.75, 3.05) is 72.1 Å². The number of aromatic amines is 3. The number of nitrogens with zero attached hydrogens (tertiary/aromatic N) is 11. The van der Waals surface area contributed by atoms with Crippen LogP contribution in [0, 0.1) is 0 Å². The number of fused-ring (bicyclic) bond motifs is 3. The zero-order valence-electron chi connectivity index (χ0n) is 49.6. The summed E-state index contributed by atoms with van der Waals surface area (Å²) < 4.78 is 152. The van der Waals surface area contributed by atoms with Crippen molar-refractivity contribution in [3.8, 4) is 0 Å². The highest BCUT2D eigenvalue weighted by Gasteiger charge is 2.56. The molecule has 8 unspecified atom stereocenters. The van der Waals surface area contributed by atoms with E-state index in [0.29, 0.717) is 0 Å². The van der Waals surface area contributed by atoms with Crippen molar-refractivity contribution >= 4 is 82.5 Å².